The van der Waals surface area contributed by atoms with Crippen molar-refractivity contribution in [1.29, 1.82) is 0 Å². The van der Waals surface area contributed by atoms with Gasteiger partial charge in [0.05, 0.1) is 10.6 Å². The normalized spacial score (nSPS) is 17.9. The fourth-order valence-electron chi connectivity index (χ4n) is 2.44. The fourth-order valence-corrected chi connectivity index (χ4v) is 2.64. The number of nitrogens with two attached hydrogens (primary N) is 1. The average molecular weight is 341 g/mol. The average Bonchev–Trinajstić information content (AvgIpc) is 2.39. The molecule has 2 rings (SSSR count). The Morgan fingerprint density at radius 2 is 2.25 bits per heavy atom. The highest BCUT2D eigenvalue weighted by molar-refractivity contribution is 6.33. The number of likely N-dealkylation sites (tertiary alicyclic amines) is 1. The Kier molecular flexibility index (Phi) is 9.14. The van der Waals surface area contributed by atoms with Crippen LogP contribution in [0.15, 0.2) is 18.5 Å². The van der Waals surface area contributed by atoms with Gasteiger partial charge in [-0.1, -0.05) is 11.6 Å². The monoisotopic (exact) mass is 339 g/mol. The highest BCUT2D eigenvalue weighted by Gasteiger charge is 2.25. The zero-order chi connectivity index (χ0) is 13.0. The molecule has 1 saturated heterocycles. The summed E-state index contributed by atoms with van der Waals surface area (Å²) in [7, 11) is 0. The second-order valence-electron chi connectivity index (χ2n) is 4.69. The molecular weight excluding hydrogens is 321 g/mol. The quantitative estimate of drug-likeness (QED) is 0.920. The van der Waals surface area contributed by atoms with Crippen LogP contribution in [0.2, 0.25) is 5.02 Å². The van der Waals surface area contributed by atoms with Crippen molar-refractivity contribution in [3.05, 3.63) is 29.0 Å². The lowest BCUT2D eigenvalue weighted by atomic mass is 9.94. The molecule has 0 aliphatic carbocycles. The number of pyridine rings is 1. The standard InChI is InChI=1S/C13H18ClN3O.2ClH/c14-12-8-16-6-4-11(12)13(18)17-7-1-2-10(9-17)3-5-15;;/h4,6,8,10H,1-3,5,7,9,15H2;2*1H. The lowest BCUT2D eigenvalue weighted by molar-refractivity contribution is 0.0669. The second-order valence-corrected chi connectivity index (χ2v) is 5.10. The molecule has 1 unspecified atom stereocenters. The molecule has 0 saturated carbocycles. The minimum atomic E-state index is 0. The van der Waals surface area contributed by atoms with Gasteiger partial charge in [0.2, 0.25) is 0 Å². The molecule has 1 atom stereocenters. The molecular formula is C13H20Cl3N3O. The lowest BCUT2D eigenvalue weighted by Crippen LogP contribution is -2.40. The maximum atomic E-state index is 12.4. The predicted molar refractivity (Wildman–Crippen MR) is 86.0 cm³/mol. The number of carbonyl (C=O) groups excluding carboxylic acids is 1. The van der Waals surface area contributed by atoms with Crippen molar-refractivity contribution in [3.8, 4) is 0 Å². The number of amides is 1. The summed E-state index contributed by atoms with van der Waals surface area (Å²) in [5, 5.41) is 0.420. The molecule has 1 amide bonds. The molecule has 0 radical (unpaired) electrons. The van der Waals surface area contributed by atoms with Crippen molar-refractivity contribution in [2.45, 2.75) is 19.3 Å². The Hall–Kier alpha value is -0.550. The minimum absolute atomic E-state index is 0. The summed E-state index contributed by atoms with van der Waals surface area (Å²) in [6.45, 7) is 2.27. The number of carbonyl (C=O) groups is 1. The second kappa shape index (κ2) is 9.40. The highest BCUT2D eigenvalue weighted by Crippen LogP contribution is 2.22. The van der Waals surface area contributed by atoms with Crippen molar-refractivity contribution in [2.75, 3.05) is 19.6 Å². The number of rotatable bonds is 3. The molecule has 4 nitrogen and oxygen atoms in total. The van der Waals surface area contributed by atoms with E-state index in [0.29, 0.717) is 23.0 Å². The summed E-state index contributed by atoms with van der Waals surface area (Å²) in [6, 6.07) is 1.68. The lowest BCUT2D eigenvalue weighted by Gasteiger charge is -2.32. The predicted octanol–water partition coefficient (Wildman–Crippen LogP) is 2.78. The molecule has 0 spiro atoms. The smallest absolute Gasteiger partial charge is 0.255 e. The van der Waals surface area contributed by atoms with Crippen molar-refractivity contribution >= 4 is 42.3 Å². The number of hydrogen-bond donors (Lipinski definition) is 1. The SMILES string of the molecule is Cl.Cl.NCCC1CCCN(C(=O)c2ccncc2Cl)C1. The molecule has 1 aromatic rings. The van der Waals surface area contributed by atoms with Gasteiger partial charge in [-0.3, -0.25) is 9.78 Å². The number of nitrogens with zero attached hydrogens (tertiary/aromatic N) is 2. The molecule has 1 aliphatic heterocycles. The minimum Gasteiger partial charge on any atom is -0.338 e. The third-order valence-electron chi connectivity index (χ3n) is 3.38. The van der Waals surface area contributed by atoms with Crippen LogP contribution in [0, 0.1) is 5.92 Å². The Morgan fingerprint density at radius 3 is 2.90 bits per heavy atom. The van der Waals surface area contributed by atoms with Gasteiger partial charge < -0.3 is 10.6 Å². The molecule has 2 heterocycles. The number of aromatic nitrogens is 1. The zero-order valence-electron chi connectivity index (χ0n) is 11.1. The summed E-state index contributed by atoms with van der Waals surface area (Å²) in [4.78, 5) is 18.1. The summed E-state index contributed by atoms with van der Waals surface area (Å²) in [6.07, 6.45) is 6.29. The molecule has 1 aliphatic rings. The Morgan fingerprint density at radius 1 is 1.50 bits per heavy atom. The molecule has 20 heavy (non-hydrogen) atoms. The first-order valence-corrected chi connectivity index (χ1v) is 6.69. The van der Waals surface area contributed by atoms with E-state index in [1.54, 1.807) is 12.3 Å². The van der Waals surface area contributed by atoms with Gasteiger partial charge in [0.1, 0.15) is 0 Å². The highest BCUT2D eigenvalue weighted by atomic mass is 35.5. The largest absolute Gasteiger partial charge is 0.338 e. The van der Waals surface area contributed by atoms with Crippen LogP contribution in [0.4, 0.5) is 0 Å². The van der Waals surface area contributed by atoms with Gasteiger partial charge >= 0.3 is 0 Å². The Balaban J connectivity index is 0.00000180. The molecule has 7 heteroatoms. The van der Waals surface area contributed by atoms with Crippen molar-refractivity contribution < 1.29 is 4.79 Å². The summed E-state index contributed by atoms with van der Waals surface area (Å²) < 4.78 is 0. The van der Waals surface area contributed by atoms with E-state index in [9.17, 15) is 4.79 Å². The van der Waals surface area contributed by atoms with E-state index < -0.39 is 0 Å². The third-order valence-corrected chi connectivity index (χ3v) is 3.69. The van der Waals surface area contributed by atoms with Gasteiger partial charge in [0.15, 0.2) is 0 Å². The van der Waals surface area contributed by atoms with Gasteiger partial charge in [0.25, 0.3) is 5.91 Å². The van der Waals surface area contributed by atoms with Crippen molar-refractivity contribution in [2.24, 2.45) is 11.7 Å². The summed E-state index contributed by atoms with van der Waals surface area (Å²) in [5.41, 5.74) is 6.13. The first kappa shape index (κ1) is 19.4. The number of halogens is 3. The van der Waals surface area contributed by atoms with Gasteiger partial charge in [-0.05, 0) is 37.8 Å². The number of hydrogen-bond acceptors (Lipinski definition) is 3. The van der Waals surface area contributed by atoms with E-state index in [1.165, 1.54) is 6.20 Å². The molecule has 0 aromatic carbocycles. The van der Waals surface area contributed by atoms with Crippen LogP contribution in [0.5, 0.6) is 0 Å². The van der Waals surface area contributed by atoms with Gasteiger partial charge in [0, 0.05) is 25.5 Å². The van der Waals surface area contributed by atoms with E-state index in [-0.39, 0.29) is 30.7 Å². The molecule has 2 N–H and O–H groups in total. The molecule has 0 bridgehead atoms. The van der Waals surface area contributed by atoms with Crippen LogP contribution >= 0.6 is 36.4 Å². The van der Waals surface area contributed by atoms with Crippen LogP contribution < -0.4 is 5.73 Å². The molecule has 114 valence electrons. The van der Waals surface area contributed by atoms with Crippen LogP contribution in [-0.4, -0.2) is 35.4 Å². The van der Waals surface area contributed by atoms with Gasteiger partial charge in [-0.2, -0.15) is 0 Å². The van der Waals surface area contributed by atoms with E-state index in [4.69, 9.17) is 17.3 Å². The van der Waals surface area contributed by atoms with E-state index in [1.807, 2.05) is 4.90 Å². The Labute approximate surface area is 136 Å². The Bertz CT molecular complexity index is 429. The van der Waals surface area contributed by atoms with Crippen LogP contribution in [-0.2, 0) is 0 Å². The molecule has 1 fully saturated rings. The van der Waals surface area contributed by atoms with Gasteiger partial charge in [-0.25, -0.2) is 0 Å². The maximum Gasteiger partial charge on any atom is 0.255 e. The summed E-state index contributed by atoms with van der Waals surface area (Å²) in [5.74, 6) is 0.525. The van der Waals surface area contributed by atoms with Crippen molar-refractivity contribution in [1.82, 2.24) is 9.88 Å². The fraction of sp³-hybridized carbons (Fsp3) is 0.538. The number of piperidine rings is 1. The third kappa shape index (κ3) is 4.77. The van der Waals surface area contributed by atoms with Crippen LogP contribution in [0.3, 0.4) is 0 Å². The topological polar surface area (TPSA) is 59.2 Å². The first-order valence-electron chi connectivity index (χ1n) is 6.31. The van der Waals surface area contributed by atoms with E-state index >= 15 is 0 Å². The van der Waals surface area contributed by atoms with Crippen molar-refractivity contribution in [3.63, 3.8) is 0 Å². The zero-order valence-corrected chi connectivity index (χ0v) is 13.5. The van der Waals surface area contributed by atoms with E-state index in [0.717, 1.165) is 32.4 Å². The molecule has 1 aromatic heterocycles. The van der Waals surface area contributed by atoms with Crippen LogP contribution in [0.1, 0.15) is 29.6 Å². The first-order chi connectivity index (χ1) is 8.72. The maximum absolute atomic E-state index is 12.4. The summed E-state index contributed by atoms with van der Waals surface area (Å²) >= 11 is 6.01. The van der Waals surface area contributed by atoms with Gasteiger partial charge in [-0.15, -0.1) is 24.8 Å². The van der Waals surface area contributed by atoms with Crippen LogP contribution in [0.25, 0.3) is 0 Å². The van der Waals surface area contributed by atoms with E-state index in [2.05, 4.69) is 4.98 Å².